The standard InChI is InChI=1S/C22H24N6O2/c1-13-17(21-26-25-20(30-21)15-10-6-3-7-11-15)22(29)28-19(24-13)18(16(12-23)27-28)14-8-4-2-5-9-14/h2,4-5,8-9,15-16,18-19,24,27H,3,6-7,10-11H2,1H3. The molecule has 3 aliphatic rings. The maximum Gasteiger partial charge on any atom is 0.277 e. The first-order chi connectivity index (χ1) is 14.7. The molecule has 5 rings (SSSR count). The lowest BCUT2D eigenvalue weighted by atomic mass is 9.89. The molecule has 8 heteroatoms. The van der Waals surface area contributed by atoms with Gasteiger partial charge in [0.15, 0.2) is 0 Å². The van der Waals surface area contributed by atoms with Crippen molar-refractivity contribution in [2.75, 3.05) is 0 Å². The Balaban J connectivity index is 1.46. The first-order valence-electron chi connectivity index (χ1n) is 10.5. The Bertz CT molecular complexity index is 1020. The number of hydrogen-bond acceptors (Lipinski definition) is 7. The average Bonchev–Trinajstić information content (AvgIpc) is 3.40. The normalized spacial score (nSPS) is 27.0. The highest BCUT2D eigenvalue weighted by molar-refractivity contribution is 6.19. The van der Waals surface area contributed by atoms with Crippen molar-refractivity contribution in [3.63, 3.8) is 0 Å². The van der Waals surface area contributed by atoms with Crippen LogP contribution in [-0.4, -0.2) is 33.3 Å². The zero-order valence-corrected chi connectivity index (χ0v) is 16.8. The van der Waals surface area contributed by atoms with Gasteiger partial charge < -0.3 is 9.73 Å². The number of nitriles is 1. The molecule has 154 valence electrons. The number of benzene rings is 1. The fraction of sp³-hybridized carbons (Fsp3) is 0.455. The number of hydrazine groups is 1. The number of hydrogen-bond donors (Lipinski definition) is 2. The van der Waals surface area contributed by atoms with Crippen molar-refractivity contribution in [1.29, 1.82) is 5.26 Å². The molecule has 30 heavy (non-hydrogen) atoms. The van der Waals surface area contributed by atoms with Crippen LogP contribution in [0.5, 0.6) is 0 Å². The second kappa shape index (κ2) is 7.58. The summed E-state index contributed by atoms with van der Waals surface area (Å²) >= 11 is 0. The third-order valence-corrected chi connectivity index (χ3v) is 6.36. The quantitative estimate of drug-likeness (QED) is 0.810. The highest BCUT2D eigenvalue weighted by Crippen LogP contribution is 2.37. The van der Waals surface area contributed by atoms with Gasteiger partial charge in [-0.25, -0.2) is 10.4 Å². The van der Waals surface area contributed by atoms with Crippen LogP contribution in [0.1, 0.15) is 68.2 Å². The summed E-state index contributed by atoms with van der Waals surface area (Å²) < 4.78 is 5.96. The van der Waals surface area contributed by atoms with Gasteiger partial charge in [-0.1, -0.05) is 49.6 Å². The first kappa shape index (κ1) is 18.8. The predicted molar refractivity (Wildman–Crippen MR) is 108 cm³/mol. The molecule has 0 bridgehead atoms. The summed E-state index contributed by atoms with van der Waals surface area (Å²) in [7, 11) is 0. The number of carbonyl (C=O) groups excluding carboxylic acids is 1. The van der Waals surface area contributed by atoms with E-state index in [2.05, 4.69) is 27.0 Å². The number of aromatic nitrogens is 2. The van der Waals surface area contributed by atoms with Crippen LogP contribution in [-0.2, 0) is 4.79 Å². The van der Waals surface area contributed by atoms with Gasteiger partial charge in [0.25, 0.3) is 11.8 Å². The van der Waals surface area contributed by atoms with Crippen LogP contribution >= 0.6 is 0 Å². The van der Waals surface area contributed by atoms with E-state index in [4.69, 9.17) is 4.42 Å². The van der Waals surface area contributed by atoms with Crippen molar-refractivity contribution in [2.45, 2.75) is 63.1 Å². The number of amides is 1. The van der Waals surface area contributed by atoms with Gasteiger partial charge in [-0.05, 0) is 25.3 Å². The lowest BCUT2D eigenvalue weighted by Crippen LogP contribution is -2.54. The molecule has 1 amide bonds. The Morgan fingerprint density at radius 3 is 2.67 bits per heavy atom. The average molecular weight is 404 g/mol. The minimum absolute atomic E-state index is 0.197. The van der Waals surface area contributed by atoms with E-state index in [1.54, 1.807) is 0 Å². The van der Waals surface area contributed by atoms with Crippen LogP contribution in [0.15, 0.2) is 40.4 Å². The second-order valence-electron chi connectivity index (χ2n) is 8.22. The first-order valence-corrected chi connectivity index (χ1v) is 10.5. The van der Waals surface area contributed by atoms with Crippen molar-refractivity contribution >= 4 is 11.5 Å². The molecule has 1 saturated carbocycles. The fourth-order valence-electron chi connectivity index (χ4n) is 4.83. The van der Waals surface area contributed by atoms with E-state index in [9.17, 15) is 10.1 Å². The van der Waals surface area contributed by atoms with Crippen molar-refractivity contribution < 1.29 is 9.21 Å². The van der Waals surface area contributed by atoms with Crippen molar-refractivity contribution in [2.24, 2.45) is 0 Å². The number of allylic oxidation sites excluding steroid dienone is 1. The van der Waals surface area contributed by atoms with Crippen molar-refractivity contribution in [3.05, 3.63) is 53.4 Å². The summed E-state index contributed by atoms with van der Waals surface area (Å²) in [4.78, 5) is 13.4. The van der Waals surface area contributed by atoms with Gasteiger partial charge in [0.05, 0.1) is 12.0 Å². The second-order valence-corrected chi connectivity index (χ2v) is 8.22. The molecule has 1 aliphatic carbocycles. The lowest BCUT2D eigenvalue weighted by Gasteiger charge is -2.34. The van der Waals surface area contributed by atoms with Gasteiger partial charge in [0, 0.05) is 11.6 Å². The minimum Gasteiger partial charge on any atom is -0.420 e. The van der Waals surface area contributed by atoms with Crippen molar-refractivity contribution in [1.82, 2.24) is 25.9 Å². The molecule has 2 aromatic rings. The summed E-state index contributed by atoms with van der Waals surface area (Å²) in [6.07, 6.45) is 5.30. The maximum absolute atomic E-state index is 13.4. The molecule has 2 N–H and O–H groups in total. The Hall–Kier alpha value is -3.18. The van der Waals surface area contributed by atoms with Crippen LogP contribution < -0.4 is 10.7 Å². The molecule has 2 fully saturated rings. The molecule has 3 unspecified atom stereocenters. The number of nitrogens with one attached hydrogen (secondary N) is 2. The largest absolute Gasteiger partial charge is 0.420 e. The van der Waals surface area contributed by atoms with E-state index in [0.717, 1.165) is 18.4 Å². The molecule has 3 heterocycles. The van der Waals surface area contributed by atoms with E-state index in [0.29, 0.717) is 17.2 Å². The molecular weight excluding hydrogens is 380 g/mol. The molecule has 0 spiro atoms. The number of nitrogens with zero attached hydrogens (tertiary/aromatic N) is 4. The molecule has 2 aliphatic heterocycles. The molecule has 8 nitrogen and oxygen atoms in total. The Kier molecular flexibility index (Phi) is 4.75. The van der Waals surface area contributed by atoms with Crippen molar-refractivity contribution in [3.8, 4) is 6.07 Å². The minimum atomic E-state index is -0.526. The van der Waals surface area contributed by atoms with E-state index in [-0.39, 0.29) is 29.8 Å². The summed E-state index contributed by atoms with van der Waals surface area (Å²) in [5.74, 6) is 0.676. The monoisotopic (exact) mass is 404 g/mol. The Morgan fingerprint density at radius 1 is 1.17 bits per heavy atom. The molecule has 1 aromatic carbocycles. The van der Waals surface area contributed by atoms with E-state index < -0.39 is 6.04 Å². The van der Waals surface area contributed by atoms with Crippen LogP contribution in [0.4, 0.5) is 0 Å². The smallest absolute Gasteiger partial charge is 0.277 e. The predicted octanol–water partition coefficient (Wildman–Crippen LogP) is 2.80. The van der Waals surface area contributed by atoms with Crippen LogP contribution in [0.2, 0.25) is 0 Å². The molecule has 3 atom stereocenters. The highest BCUT2D eigenvalue weighted by Gasteiger charge is 2.49. The maximum atomic E-state index is 13.4. The third kappa shape index (κ3) is 3.06. The highest BCUT2D eigenvalue weighted by atomic mass is 16.4. The molecule has 1 saturated heterocycles. The SMILES string of the molecule is CC1=C(c2nnc(C3CCCCC3)o2)C(=O)N2NC(C#N)C(c3ccccc3)C2N1. The zero-order chi connectivity index (χ0) is 20.7. The van der Waals surface area contributed by atoms with E-state index in [1.165, 1.54) is 24.3 Å². The van der Waals surface area contributed by atoms with Gasteiger partial charge in [0.2, 0.25) is 5.89 Å². The topological polar surface area (TPSA) is 107 Å². The van der Waals surface area contributed by atoms with Gasteiger partial charge in [-0.3, -0.25) is 4.79 Å². The third-order valence-electron chi connectivity index (χ3n) is 6.36. The summed E-state index contributed by atoms with van der Waals surface area (Å²) in [5, 5.41) is 23.0. The van der Waals surface area contributed by atoms with E-state index in [1.807, 2.05) is 37.3 Å². The van der Waals surface area contributed by atoms with Gasteiger partial charge in [0.1, 0.15) is 17.8 Å². The number of rotatable bonds is 3. The number of fused-ring (bicyclic) bond motifs is 1. The van der Waals surface area contributed by atoms with Gasteiger partial charge in [-0.2, -0.15) is 5.26 Å². The van der Waals surface area contributed by atoms with Gasteiger partial charge >= 0.3 is 0 Å². The van der Waals surface area contributed by atoms with E-state index >= 15 is 0 Å². The van der Waals surface area contributed by atoms with Gasteiger partial charge in [-0.15, -0.1) is 10.2 Å². The Morgan fingerprint density at radius 2 is 1.93 bits per heavy atom. The van der Waals surface area contributed by atoms with Crippen LogP contribution in [0.3, 0.4) is 0 Å². The summed E-state index contributed by atoms with van der Waals surface area (Å²) in [6, 6.07) is 11.5. The summed E-state index contributed by atoms with van der Waals surface area (Å²) in [5.41, 5.74) is 5.11. The van der Waals surface area contributed by atoms with Crippen LogP contribution in [0.25, 0.3) is 5.57 Å². The zero-order valence-electron chi connectivity index (χ0n) is 16.8. The lowest BCUT2D eigenvalue weighted by molar-refractivity contribution is -0.130. The molecule has 1 aromatic heterocycles. The van der Waals surface area contributed by atoms with Crippen LogP contribution in [0, 0.1) is 11.3 Å². The number of carbonyl (C=O) groups is 1. The summed E-state index contributed by atoms with van der Waals surface area (Å²) in [6.45, 7) is 1.84. The molecule has 0 radical (unpaired) electrons. The fourth-order valence-corrected chi connectivity index (χ4v) is 4.83. The molecular formula is C22H24N6O2. The Labute approximate surface area is 174 Å².